The van der Waals surface area contributed by atoms with Gasteiger partial charge in [-0.25, -0.2) is 8.42 Å². The highest BCUT2D eigenvalue weighted by Gasteiger charge is 2.43. The fourth-order valence-corrected chi connectivity index (χ4v) is 2.84. The molecule has 1 fully saturated rings. The van der Waals surface area contributed by atoms with Gasteiger partial charge in [-0.05, 0) is 36.6 Å². The molecule has 2 rings (SSSR count). The molecule has 0 heterocycles. The summed E-state index contributed by atoms with van der Waals surface area (Å²) in [6.45, 7) is 0. The fraction of sp³-hybridized carbons (Fsp3) is 0.333. The maximum Gasteiger partial charge on any atom is 0.261 e. The van der Waals surface area contributed by atoms with Crippen LogP contribution in [0.1, 0.15) is 18.4 Å². The fourth-order valence-electron chi connectivity index (χ4n) is 1.51. The zero-order chi connectivity index (χ0) is 11.3. The number of rotatable bonds is 2. The van der Waals surface area contributed by atoms with Crippen molar-refractivity contribution in [3.05, 3.63) is 28.8 Å². The van der Waals surface area contributed by atoms with Gasteiger partial charge in [0.1, 0.15) is 0 Å². The van der Waals surface area contributed by atoms with E-state index in [-0.39, 0.29) is 4.90 Å². The van der Waals surface area contributed by atoms with E-state index in [1.807, 2.05) is 0 Å². The van der Waals surface area contributed by atoms with Crippen molar-refractivity contribution in [3.8, 4) is 0 Å². The van der Waals surface area contributed by atoms with Crippen LogP contribution < -0.4 is 5.73 Å². The lowest BCUT2D eigenvalue weighted by atomic mass is 10.1. The Labute approximate surface area is 97.6 Å². The molecule has 1 aromatic rings. The summed E-state index contributed by atoms with van der Waals surface area (Å²) in [4.78, 5) is 0.0635. The van der Waals surface area contributed by atoms with Crippen molar-refractivity contribution in [1.82, 2.24) is 0 Å². The van der Waals surface area contributed by atoms with Crippen molar-refractivity contribution in [2.45, 2.75) is 23.3 Å². The van der Waals surface area contributed by atoms with Gasteiger partial charge < -0.3 is 5.73 Å². The Bertz CT molecular complexity index is 509. The Balaban J connectivity index is 2.65. The van der Waals surface area contributed by atoms with Gasteiger partial charge in [-0.1, -0.05) is 11.6 Å². The molecule has 0 unspecified atom stereocenters. The van der Waals surface area contributed by atoms with Crippen molar-refractivity contribution in [3.63, 3.8) is 0 Å². The highest BCUT2D eigenvalue weighted by molar-refractivity contribution is 8.13. The van der Waals surface area contributed by atoms with Gasteiger partial charge in [-0.3, -0.25) is 0 Å². The summed E-state index contributed by atoms with van der Waals surface area (Å²) >= 11 is 5.81. The number of hydrogen-bond donors (Lipinski definition) is 1. The van der Waals surface area contributed by atoms with Crippen LogP contribution in [0.2, 0.25) is 5.02 Å². The Hall–Kier alpha value is -0.290. The minimum Gasteiger partial charge on any atom is -0.321 e. The van der Waals surface area contributed by atoms with E-state index < -0.39 is 14.6 Å². The molecule has 0 spiro atoms. The van der Waals surface area contributed by atoms with Crippen LogP contribution >= 0.6 is 22.3 Å². The molecule has 0 bridgehead atoms. The number of benzene rings is 1. The maximum atomic E-state index is 11.3. The minimum atomic E-state index is -3.76. The van der Waals surface area contributed by atoms with Gasteiger partial charge in [0.2, 0.25) is 0 Å². The summed E-state index contributed by atoms with van der Waals surface area (Å²) in [6.07, 6.45) is 1.51. The Morgan fingerprint density at radius 1 is 1.33 bits per heavy atom. The Kier molecular flexibility index (Phi) is 2.50. The van der Waals surface area contributed by atoms with Gasteiger partial charge in [0.15, 0.2) is 0 Å². The Morgan fingerprint density at radius 2 is 1.93 bits per heavy atom. The van der Waals surface area contributed by atoms with Gasteiger partial charge in [-0.15, -0.1) is 0 Å². The van der Waals surface area contributed by atoms with E-state index in [0.717, 1.165) is 12.8 Å². The number of halogens is 2. The van der Waals surface area contributed by atoms with Crippen molar-refractivity contribution in [1.29, 1.82) is 0 Å². The molecule has 0 amide bonds. The second kappa shape index (κ2) is 3.35. The van der Waals surface area contributed by atoms with Crippen molar-refractivity contribution in [2.75, 3.05) is 0 Å². The first-order valence-electron chi connectivity index (χ1n) is 4.36. The summed E-state index contributed by atoms with van der Waals surface area (Å²) in [7, 11) is 1.56. The molecule has 0 saturated heterocycles. The van der Waals surface area contributed by atoms with E-state index in [1.165, 1.54) is 12.1 Å². The lowest BCUT2D eigenvalue weighted by molar-refractivity contribution is 0.605. The molecule has 1 aliphatic rings. The highest BCUT2D eigenvalue weighted by Crippen LogP contribution is 2.46. The van der Waals surface area contributed by atoms with Gasteiger partial charge in [0, 0.05) is 21.2 Å². The quantitative estimate of drug-likeness (QED) is 0.835. The molecule has 1 aliphatic carbocycles. The summed E-state index contributed by atoms with van der Waals surface area (Å²) < 4.78 is 22.6. The first kappa shape index (κ1) is 11.2. The molecule has 82 valence electrons. The third-order valence-electron chi connectivity index (χ3n) is 2.53. The molecule has 0 atom stereocenters. The molecule has 0 aliphatic heterocycles. The zero-order valence-corrected chi connectivity index (χ0v) is 10.0. The van der Waals surface area contributed by atoms with Gasteiger partial charge in [0.05, 0.1) is 4.90 Å². The van der Waals surface area contributed by atoms with Crippen LogP contribution in [-0.4, -0.2) is 8.42 Å². The van der Waals surface area contributed by atoms with Gasteiger partial charge in [-0.2, -0.15) is 0 Å². The molecular formula is C9H9Cl2NO2S. The highest BCUT2D eigenvalue weighted by atomic mass is 35.7. The van der Waals surface area contributed by atoms with Crippen LogP contribution in [0.3, 0.4) is 0 Å². The van der Waals surface area contributed by atoms with Gasteiger partial charge >= 0.3 is 0 Å². The largest absolute Gasteiger partial charge is 0.321 e. The summed E-state index contributed by atoms with van der Waals surface area (Å²) in [5.74, 6) is 0. The second-order valence-electron chi connectivity index (χ2n) is 3.73. The second-order valence-corrected chi connectivity index (χ2v) is 6.71. The topological polar surface area (TPSA) is 60.2 Å². The van der Waals surface area contributed by atoms with E-state index in [2.05, 4.69) is 0 Å². The smallest absolute Gasteiger partial charge is 0.261 e. The molecule has 0 aromatic heterocycles. The predicted octanol–water partition coefficient (Wildman–Crippen LogP) is 2.22. The van der Waals surface area contributed by atoms with Crippen LogP contribution in [0.5, 0.6) is 0 Å². The summed E-state index contributed by atoms with van der Waals surface area (Å²) in [5.41, 5.74) is 5.90. The molecule has 0 radical (unpaired) electrons. The van der Waals surface area contributed by atoms with Crippen LogP contribution in [0.15, 0.2) is 23.1 Å². The molecule has 1 saturated carbocycles. The monoisotopic (exact) mass is 265 g/mol. The van der Waals surface area contributed by atoms with E-state index in [4.69, 9.17) is 28.0 Å². The predicted molar refractivity (Wildman–Crippen MR) is 59.6 cm³/mol. The molecule has 3 nitrogen and oxygen atoms in total. The third-order valence-corrected chi connectivity index (χ3v) is 4.14. The number of nitrogens with two attached hydrogens (primary N) is 1. The van der Waals surface area contributed by atoms with Crippen molar-refractivity contribution >= 4 is 31.3 Å². The molecule has 2 N–H and O–H groups in total. The average Bonchev–Trinajstić information content (AvgIpc) is 2.83. The van der Waals surface area contributed by atoms with Gasteiger partial charge in [0.25, 0.3) is 9.05 Å². The normalized spacial score (nSPS) is 18.9. The first-order valence-corrected chi connectivity index (χ1v) is 7.05. The average molecular weight is 266 g/mol. The summed E-state index contributed by atoms with van der Waals surface area (Å²) in [6, 6.07) is 4.46. The van der Waals surface area contributed by atoms with E-state index in [1.54, 1.807) is 6.07 Å². The van der Waals surface area contributed by atoms with E-state index >= 15 is 0 Å². The molecule has 15 heavy (non-hydrogen) atoms. The SMILES string of the molecule is NC1(c2cc(Cl)ccc2S(=O)(=O)Cl)CC1. The van der Waals surface area contributed by atoms with Crippen LogP contribution in [0, 0.1) is 0 Å². The molecule has 6 heteroatoms. The molecular weight excluding hydrogens is 257 g/mol. The Morgan fingerprint density at radius 3 is 2.40 bits per heavy atom. The standard InChI is InChI=1S/C9H9Cl2NO2S/c10-6-1-2-8(15(11,13)14)7(5-6)9(12)3-4-9/h1-2,5H,3-4,12H2. The lowest BCUT2D eigenvalue weighted by Crippen LogP contribution is -2.21. The first-order chi connectivity index (χ1) is 6.83. The van der Waals surface area contributed by atoms with E-state index in [9.17, 15) is 8.42 Å². The van der Waals surface area contributed by atoms with Crippen LogP contribution in [-0.2, 0) is 14.6 Å². The third kappa shape index (κ3) is 2.13. The van der Waals surface area contributed by atoms with Crippen LogP contribution in [0.4, 0.5) is 0 Å². The minimum absolute atomic E-state index is 0.0635. The van der Waals surface area contributed by atoms with Crippen molar-refractivity contribution < 1.29 is 8.42 Å². The van der Waals surface area contributed by atoms with E-state index in [0.29, 0.717) is 10.6 Å². The maximum absolute atomic E-state index is 11.3. The summed E-state index contributed by atoms with van der Waals surface area (Å²) in [5, 5.41) is 0.464. The van der Waals surface area contributed by atoms with Crippen molar-refractivity contribution in [2.24, 2.45) is 5.73 Å². The lowest BCUT2D eigenvalue weighted by Gasteiger charge is -2.13. The van der Waals surface area contributed by atoms with Crippen LogP contribution in [0.25, 0.3) is 0 Å². The number of hydrogen-bond acceptors (Lipinski definition) is 3. The molecule has 1 aromatic carbocycles. The zero-order valence-electron chi connectivity index (χ0n) is 7.70.